The maximum atomic E-state index is 13.2. The zero-order valence-electron chi connectivity index (χ0n) is 16.7. The number of carbonyl (C=O) groups excluding carboxylic acids is 2. The third-order valence-electron chi connectivity index (χ3n) is 6.10. The van der Waals surface area contributed by atoms with Crippen molar-refractivity contribution in [2.75, 3.05) is 11.9 Å². The van der Waals surface area contributed by atoms with Gasteiger partial charge < -0.3 is 5.32 Å². The molecule has 2 aromatic heterocycles. The standard InChI is InChI=1S/C21H21N7O2/c1-21-10-14(21)16-18(23-9-8-22-16)27(2)20(30)17(21)24-19(29)15-12-28(26-25-15)11-13-6-4-3-5-7-13/h3-9,12,14,17H,10-11H2,1-2H3,(H,24,29)/t14-,17+,21?/m0/s1. The summed E-state index contributed by atoms with van der Waals surface area (Å²) >= 11 is 0. The summed E-state index contributed by atoms with van der Waals surface area (Å²) in [6.45, 7) is 2.52. The summed E-state index contributed by atoms with van der Waals surface area (Å²) in [7, 11) is 1.67. The van der Waals surface area contributed by atoms with Crippen LogP contribution in [0.1, 0.15) is 41.0 Å². The molecule has 9 heteroatoms. The highest BCUT2D eigenvalue weighted by Gasteiger charge is 2.62. The second-order valence-corrected chi connectivity index (χ2v) is 8.12. The van der Waals surface area contributed by atoms with Crippen molar-refractivity contribution in [1.82, 2.24) is 30.3 Å². The number of rotatable bonds is 4. The molecule has 2 amide bonds. The summed E-state index contributed by atoms with van der Waals surface area (Å²) in [5, 5.41) is 10.9. The van der Waals surface area contributed by atoms with Gasteiger partial charge in [0, 0.05) is 30.8 Å². The molecular formula is C21H21N7O2. The lowest BCUT2D eigenvalue weighted by Gasteiger charge is -2.26. The van der Waals surface area contributed by atoms with Crippen molar-refractivity contribution in [2.24, 2.45) is 5.41 Å². The third-order valence-corrected chi connectivity index (χ3v) is 6.10. The Kier molecular flexibility index (Phi) is 4.12. The monoisotopic (exact) mass is 403 g/mol. The fourth-order valence-corrected chi connectivity index (χ4v) is 4.22. The van der Waals surface area contributed by atoms with Crippen LogP contribution in [0.5, 0.6) is 0 Å². The minimum absolute atomic E-state index is 0.0779. The number of fused-ring (bicyclic) bond motifs is 3. The van der Waals surface area contributed by atoms with Gasteiger partial charge in [-0.05, 0) is 12.0 Å². The molecule has 5 rings (SSSR count). The largest absolute Gasteiger partial charge is 0.338 e. The van der Waals surface area contributed by atoms with Crippen LogP contribution in [0.4, 0.5) is 5.82 Å². The number of aromatic nitrogens is 5. The smallest absolute Gasteiger partial charge is 0.274 e. The predicted molar refractivity (Wildman–Crippen MR) is 108 cm³/mol. The van der Waals surface area contributed by atoms with E-state index in [9.17, 15) is 9.59 Å². The molecule has 1 N–H and O–H groups in total. The first-order valence-electron chi connectivity index (χ1n) is 9.81. The van der Waals surface area contributed by atoms with Crippen molar-refractivity contribution < 1.29 is 9.59 Å². The number of benzene rings is 1. The van der Waals surface area contributed by atoms with Crippen LogP contribution in [0.25, 0.3) is 0 Å². The van der Waals surface area contributed by atoms with Crippen molar-refractivity contribution in [2.45, 2.75) is 31.8 Å². The molecule has 1 aliphatic heterocycles. The number of nitrogens with zero attached hydrogens (tertiary/aromatic N) is 6. The van der Waals surface area contributed by atoms with Gasteiger partial charge >= 0.3 is 0 Å². The average Bonchev–Trinajstić information content (AvgIpc) is 3.24. The number of anilines is 1. The first kappa shape index (κ1) is 18.4. The minimum Gasteiger partial charge on any atom is -0.338 e. The molecule has 1 saturated carbocycles. The van der Waals surface area contributed by atoms with Gasteiger partial charge in [-0.2, -0.15) is 0 Å². The molecule has 1 aliphatic carbocycles. The van der Waals surface area contributed by atoms with Crippen molar-refractivity contribution in [3.05, 3.63) is 65.9 Å². The summed E-state index contributed by atoms with van der Waals surface area (Å²) in [6, 6.07) is 9.12. The molecule has 0 saturated heterocycles. The Hall–Kier alpha value is -3.62. The summed E-state index contributed by atoms with van der Waals surface area (Å²) < 4.78 is 1.61. The number of nitrogens with one attached hydrogen (secondary N) is 1. The molecule has 1 aromatic carbocycles. The summed E-state index contributed by atoms with van der Waals surface area (Å²) in [5.74, 6) is 0.0139. The molecular weight excluding hydrogens is 382 g/mol. The van der Waals surface area contributed by atoms with Crippen molar-refractivity contribution in [3.8, 4) is 0 Å². The lowest BCUT2D eigenvalue weighted by molar-refractivity contribution is -0.121. The van der Waals surface area contributed by atoms with Crippen LogP contribution in [-0.2, 0) is 11.3 Å². The van der Waals surface area contributed by atoms with E-state index in [0.717, 1.165) is 17.7 Å². The molecule has 2 aliphatic rings. The molecule has 3 aromatic rings. The van der Waals surface area contributed by atoms with Crippen LogP contribution in [0.2, 0.25) is 0 Å². The van der Waals surface area contributed by atoms with Crippen LogP contribution in [0, 0.1) is 5.41 Å². The zero-order chi connectivity index (χ0) is 20.9. The first-order chi connectivity index (χ1) is 14.5. The van der Waals surface area contributed by atoms with E-state index in [1.54, 1.807) is 30.3 Å². The van der Waals surface area contributed by atoms with Crippen LogP contribution >= 0.6 is 0 Å². The van der Waals surface area contributed by atoms with Crippen molar-refractivity contribution >= 4 is 17.6 Å². The topological polar surface area (TPSA) is 106 Å². The fourth-order valence-electron chi connectivity index (χ4n) is 4.22. The highest BCUT2D eigenvalue weighted by atomic mass is 16.2. The normalized spacial score (nSPS) is 24.6. The van der Waals surface area contributed by atoms with E-state index in [0.29, 0.717) is 12.4 Å². The maximum absolute atomic E-state index is 13.2. The molecule has 3 atom stereocenters. The molecule has 0 radical (unpaired) electrons. The first-order valence-corrected chi connectivity index (χ1v) is 9.81. The molecule has 152 valence electrons. The molecule has 1 fully saturated rings. The van der Waals surface area contributed by atoms with E-state index in [-0.39, 0.29) is 17.5 Å². The highest BCUT2D eigenvalue weighted by Crippen LogP contribution is 2.63. The summed E-state index contributed by atoms with van der Waals surface area (Å²) in [6.07, 6.45) is 5.58. The second kappa shape index (κ2) is 6.72. The highest BCUT2D eigenvalue weighted by molar-refractivity contribution is 6.03. The van der Waals surface area contributed by atoms with Gasteiger partial charge in [0.25, 0.3) is 11.8 Å². The number of amides is 2. The molecule has 0 bridgehead atoms. The van der Waals surface area contributed by atoms with Gasteiger partial charge in [-0.3, -0.25) is 19.5 Å². The Bertz CT molecular complexity index is 1130. The van der Waals surface area contributed by atoms with Gasteiger partial charge in [0.05, 0.1) is 18.4 Å². The van der Waals surface area contributed by atoms with Crippen LogP contribution in [-0.4, -0.2) is 49.9 Å². The summed E-state index contributed by atoms with van der Waals surface area (Å²) in [4.78, 5) is 36.3. The average molecular weight is 403 g/mol. The second-order valence-electron chi connectivity index (χ2n) is 8.12. The molecule has 9 nitrogen and oxygen atoms in total. The zero-order valence-corrected chi connectivity index (χ0v) is 16.7. The van der Waals surface area contributed by atoms with Gasteiger partial charge in [0.1, 0.15) is 6.04 Å². The van der Waals surface area contributed by atoms with Gasteiger partial charge in [-0.1, -0.05) is 42.5 Å². The molecule has 1 unspecified atom stereocenters. The quantitative estimate of drug-likeness (QED) is 0.706. The molecule has 3 heterocycles. The van der Waals surface area contributed by atoms with Crippen LogP contribution < -0.4 is 10.2 Å². The molecule has 30 heavy (non-hydrogen) atoms. The van der Waals surface area contributed by atoms with E-state index >= 15 is 0 Å². The van der Waals surface area contributed by atoms with E-state index in [1.165, 1.54) is 4.90 Å². The van der Waals surface area contributed by atoms with Crippen LogP contribution in [0.15, 0.2) is 48.9 Å². The third kappa shape index (κ3) is 2.94. The minimum atomic E-state index is -0.685. The van der Waals surface area contributed by atoms with Crippen LogP contribution in [0.3, 0.4) is 0 Å². The van der Waals surface area contributed by atoms with Crippen molar-refractivity contribution in [3.63, 3.8) is 0 Å². The Balaban J connectivity index is 1.36. The van der Waals surface area contributed by atoms with Gasteiger partial charge in [-0.25, -0.2) is 9.67 Å². The number of hydrogen-bond acceptors (Lipinski definition) is 6. The maximum Gasteiger partial charge on any atom is 0.274 e. The number of hydrogen-bond donors (Lipinski definition) is 1. The number of carbonyl (C=O) groups is 2. The Labute approximate surface area is 173 Å². The SMILES string of the molecule is CN1C(=O)[C@@H](NC(=O)c2cn(Cc3ccccc3)nn2)C2(C)C[C@H]2c2nccnc21. The Morgan fingerprint density at radius 2 is 2.00 bits per heavy atom. The van der Waals surface area contributed by atoms with E-state index in [4.69, 9.17) is 0 Å². The Morgan fingerprint density at radius 3 is 2.80 bits per heavy atom. The number of likely N-dealkylation sites (N-methyl/N-ethyl adjacent to an activating group) is 1. The Morgan fingerprint density at radius 1 is 1.23 bits per heavy atom. The van der Waals surface area contributed by atoms with E-state index in [1.807, 2.05) is 37.3 Å². The fraction of sp³-hybridized carbons (Fsp3) is 0.333. The van der Waals surface area contributed by atoms with Crippen molar-refractivity contribution in [1.29, 1.82) is 0 Å². The predicted octanol–water partition coefficient (Wildman–Crippen LogP) is 1.38. The summed E-state index contributed by atoms with van der Waals surface area (Å²) in [5.41, 5.74) is 1.64. The van der Waals surface area contributed by atoms with E-state index < -0.39 is 17.4 Å². The van der Waals surface area contributed by atoms with Gasteiger partial charge in [0.2, 0.25) is 0 Å². The van der Waals surface area contributed by atoms with E-state index in [2.05, 4.69) is 25.6 Å². The van der Waals surface area contributed by atoms with Gasteiger partial charge in [0.15, 0.2) is 11.5 Å². The lowest BCUT2D eigenvalue weighted by atomic mass is 9.94. The van der Waals surface area contributed by atoms with Gasteiger partial charge in [-0.15, -0.1) is 5.10 Å². The molecule has 0 spiro atoms. The lowest BCUT2D eigenvalue weighted by Crippen LogP contribution is -2.51.